The molecule has 1 saturated heterocycles. The van der Waals surface area contributed by atoms with Gasteiger partial charge < -0.3 is 10.4 Å². The predicted molar refractivity (Wildman–Crippen MR) is 79.5 cm³/mol. The van der Waals surface area contributed by atoms with Crippen LogP contribution in [0.15, 0.2) is 30.3 Å². The molecule has 1 aromatic rings. The molecule has 0 aliphatic carbocycles. The lowest BCUT2D eigenvalue weighted by Gasteiger charge is -2.43. The smallest absolute Gasteiger partial charge is 0.247 e. The zero-order valence-electron chi connectivity index (χ0n) is 11.4. The van der Waals surface area contributed by atoms with E-state index in [0.717, 1.165) is 0 Å². The van der Waals surface area contributed by atoms with Gasteiger partial charge in [0.15, 0.2) is 0 Å². The summed E-state index contributed by atoms with van der Waals surface area (Å²) in [5, 5.41) is 11.9. The highest BCUT2D eigenvalue weighted by Gasteiger charge is 2.45. The Kier molecular flexibility index (Phi) is 4.67. The molecule has 1 aliphatic heterocycles. The lowest BCUT2D eigenvalue weighted by atomic mass is 10.1. The van der Waals surface area contributed by atoms with Gasteiger partial charge in [-0.05, 0) is 19.1 Å². The van der Waals surface area contributed by atoms with Crippen LogP contribution in [-0.4, -0.2) is 40.2 Å². The molecule has 0 bridgehead atoms. The van der Waals surface area contributed by atoms with Crippen molar-refractivity contribution in [1.29, 1.82) is 0 Å². The summed E-state index contributed by atoms with van der Waals surface area (Å²) in [4.78, 5) is 25.2. The quantitative estimate of drug-likeness (QED) is 0.794. The van der Waals surface area contributed by atoms with Crippen LogP contribution in [0.2, 0.25) is 0 Å². The van der Waals surface area contributed by atoms with E-state index in [-0.39, 0.29) is 17.2 Å². The van der Waals surface area contributed by atoms with Crippen molar-refractivity contribution in [2.75, 3.05) is 10.7 Å². The number of rotatable bonds is 5. The third-order valence-electron chi connectivity index (χ3n) is 3.01. The van der Waals surface area contributed by atoms with Crippen molar-refractivity contribution in [3.05, 3.63) is 30.3 Å². The van der Waals surface area contributed by atoms with E-state index in [1.807, 2.05) is 30.3 Å². The maximum Gasteiger partial charge on any atom is 0.247 e. The molecule has 3 unspecified atom stereocenters. The van der Waals surface area contributed by atoms with Crippen molar-refractivity contribution in [2.24, 2.45) is 0 Å². The van der Waals surface area contributed by atoms with Crippen LogP contribution in [0.25, 0.3) is 0 Å². The van der Waals surface area contributed by atoms with Gasteiger partial charge >= 0.3 is 0 Å². The number of anilines is 1. The van der Waals surface area contributed by atoms with E-state index in [1.54, 1.807) is 6.92 Å². The number of para-hydroxylation sites is 1. The zero-order chi connectivity index (χ0) is 14.7. The molecule has 1 fully saturated rings. The van der Waals surface area contributed by atoms with Crippen molar-refractivity contribution in [2.45, 2.75) is 31.4 Å². The molecule has 1 heterocycles. The van der Waals surface area contributed by atoms with Gasteiger partial charge in [0, 0.05) is 18.4 Å². The average molecular weight is 294 g/mol. The first kappa shape index (κ1) is 14.9. The fourth-order valence-corrected chi connectivity index (χ4v) is 3.21. The second-order valence-corrected chi connectivity index (χ2v) is 5.96. The van der Waals surface area contributed by atoms with E-state index in [2.05, 4.69) is 5.32 Å². The van der Waals surface area contributed by atoms with Gasteiger partial charge in [0.1, 0.15) is 11.4 Å². The average Bonchev–Trinajstić information content (AvgIpc) is 2.40. The molecule has 0 aromatic heterocycles. The SMILES string of the molecule is CC(=O)N(c1ccccc1)C1C(=O)NC1SCC(C)O. The topological polar surface area (TPSA) is 69.6 Å². The van der Waals surface area contributed by atoms with Gasteiger partial charge in [0.05, 0.1) is 6.10 Å². The number of aliphatic hydroxyl groups is 1. The highest BCUT2D eigenvalue weighted by atomic mass is 32.2. The summed E-state index contributed by atoms with van der Waals surface area (Å²) >= 11 is 1.45. The number of hydrogen-bond donors (Lipinski definition) is 2. The largest absolute Gasteiger partial charge is 0.393 e. The summed E-state index contributed by atoms with van der Waals surface area (Å²) in [5.74, 6) is 0.188. The van der Waals surface area contributed by atoms with Gasteiger partial charge in [0.25, 0.3) is 0 Å². The zero-order valence-corrected chi connectivity index (χ0v) is 12.3. The van der Waals surface area contributed by atoms with E-state index in [0.29, 0.717) is 11.4 Å². The van der Waals surface area contributed by atoms with Crippen LogP contribution in [0.5, 0.6) is 0 Å². The van der Waals surface area contributed by atoms with Gasteiger partial charge in [-0.25, -0.2) is 0 Å². The third kappa shape index (κ3) is 3.13. The van der Waals surface area contributed by atoms with E-state index < -0.39 is 12.1 Å². The van der Waals surface area contributed by atoms with Gasteiger partial charge in [-0.15, -0.1) is 11.8 Å². The predicted octanol–water partition coefficient (Wildman–Crippen LogP) is 0.978. The van der Waals surface area contributed by atoms with E-state index in [9.17, 15) is 14.7 Å². The normalized spacial score (nSPS) is 22.6. The maximum absolute atomic E-state index is 11.9. The van der Waals surface area contributed by atoms with Crippen LogP contribution in [0.1, 0.15) is 13.8 Å². The summed E-state index contributed by atoms with van der Waals surface area (Å²) in [6.07, 6.45) is -0.444. The Hall–Kier alpha value is -1.53. The first-order chi connectivity index (χ1) is 9.50. The number of carbonyl (C=O) groups is 2. The standard InChI is InChI=1S/C14H18N2O3S/c1-9(17)8-20-14-12(13(19)15-14)16(10(2)18)11-6-4-3-5-7-11/h3-7,9,12,14,17H,8H2,1-2H3,(H,15,19). The van der Waals surface area contributed by atoms with Crippen molar-refractivity contribution in [3.63, 3.8) is 0 Å². The molecule has 1 aliphatic rings. The second-order valence-electron chi connectivity index (χ2n) is 4.78. The lowest BCUT2D eigenvalue weighted by molar-refractivity contribution is -0.131. The summed E-state index contributed by atoms with van der Waals surface area (Å²) in [6.45, 7) is 3.15. The van der Waals surface area contributed by atoms with E-state index in [4.69, 9.17) is 0 Å². The Bertz CT molecular complexity index is 492. The lowest BCUT2D eigenvalue weighted by Crippen LogP contribution is -2.69. The second kappa shape index (κ2) is 6.28. The molecule has 2 amide bonds. The number of aliphatic hydroxyl groups excluding tert-OH is 1. The maximum atomic E-state index is 11.9. The van der Waals surface area contributed by atoms with Gasteiger partial charge in [-0.3, -0.25) is 14.5 Å². The molecule has 2 rings (SSSR count). The molecular weight excluding hydrogens is 276 g/mol. The minimum Gasteiger partial charge on any atom is -0.393 e. The Balaban J connectivity index is 2.16. The van der Waals surface area contributed by atoms with E-state index >= 15 is 0 Å². The molecule has 0 saturated carbocycles. The molecule has 5 nitrogen and oxygen atoms in total. The Morgan fingerprint density at radius 2 is 2.10 bits per heavy atom. The number of benzene rings is 1. The first-order valence-electron chi connectivity index (χ1n) is 6.45. The fourth-order valence-electron chi connectivity index (χ4n) is 2.10. The summed E-state index contributed by atoms with van der Waals surface area (Å²) in [5.41, 5.74) is 0.711. The molecule has 3 atom stereocenters. The van der Waals surface area contributed by atoms with Crippen molar-refractivity contribution in [1.82, 2.24) is 5.32 Å². The minimum atomic E-state index is -0.515. The number of thioether (sulfide) groups is 1. The first-order valence-corrected chi connectivity index (χ1v) is 7.50. The van der Waals surface area contributed by atoms with Gasteiger partial charge in [-0.1, -0.05) is 18.2 Å². The summed E-state index contributed by atoms with van der Waals surface area (Å²) < 4.78 is 0. The molecular formula is C14H18N2O3S. The number of nitrogens with zero attached hydrogens (tertiary/aromatic N) is 1. The van der Waals surface area contributed by atoms with Crippen LogP contribution < -0.4 is 10.2 Å². The number of carbonyl (C=O) groups excluding carboxylic acids is 2. The summed E-state index contributed by atoms with van der Waals surface area (Å²) in [6, 6.07) is 8.63. The highest BCUT2D eigenvalue weighted by Crippen LogP contribution is 2.29. The van der Waals surface area contributed by atoms with Crippen molar-refractivity contribution < 1.29 is 14.7 Å². The molecule has 0 spiro atoms. The Morgan fingerprint density at radius 3 is 2.60 bits per heavy atom. The van der Waals surface area contributed by atoms with Gasteiger partial charge in [0.2, 0.25) is 11.8 Å². The molecule has 2 N–H and O–H groups in total. The van der Waals surface area contributed by atoms with Crippen LogP contribution in [-0.2, 0) is 9.59 Å². The highest BCUT2D eigenvalue weighted by molar-refractivity contribution is 8.00. The van der Waals surface area contributed by atoms with Crippen molar-refractivity contribution >= 4 is 29.3 Å². The summed E-state index contributed by atoms with van der Waals surface area (Å²) in [7, 11) is 0. The number of β-lactam (4-membered cyclic amide) rings is 1. The Labute approximate surface area is 122 Å². The van der Waals surface area contributed by atoms with Crippen LogP contribution in [0, 0.1) is 0 Å². The molecule has 6 heteroatoms. The van der Waals surface area contributed by atoms with Gasteiger partial charge in [-0.2, -0.15) is 0 Å². The molecule has 1 aromatic carbocycles. The number of hydrogen-bond acceptors (Lipinski definition) is 4. The van der Waals surface area contributed by atoms with Crippen LogP contribution in [0.3, 0.4) is 0 Å². The molecule has 20 heavy (non-hydrogen) atoms. The molecule has 108 valence electrons. The third-order valence-corrected chi connectivity index (χ3v) is 4.42. The fraction of sp³-hybridized carbons (Fsp3) is 0.429. The monoisotopic (exact) mass is 294 g/mol. The van der Waals surface area contributed by atoms with Crippen molar-refractivity contribution in [3.8, 4) is 0 Å². The van der Waals surface area contributed by atoms with E-state index in [1.165, 1.54) is 23.6 Å². The van der Waals surface area contributed by atoms with Crippen LogP contribution in [0.4, 0.5) is 5.69 Å². The number of amides is 2. The minimum absolute atomic E-state index is 0.160. The van der Waals surface area contributed by atoms with Crippen LogP contribution >= 0.6 is 11.8 Å². The number of nitrogens with one attached hydrogen (secondary N) is 1. The molecule has 0 radical (unpaired) electrons. The Morgan fingerprint density at radius 1 is 1.45 bits per heavy atom.